The van der Waals surface area contributed by atoms with E-state index < -0.39 is 5.97 Å². The van der Waals surface area contributed by atoms with Crippen molar-refractivity contribution in [3.8, 4) is 0 Å². The molecule has 2 N–H and O–H groups in total. The summed E-state index contributed by atoms with van der Waals surface area (Å²) in [6.07, 6.45) is 1.71. The predicted molar refractivity (Wildman–Crippen MR) is 83.0 cm³/mol. The highest BCUT2D eigenvalue weighted by molar-refractivity contribution is 7.07. The summed E-state index contributed by atoms with van der Waals surface area (Å²) < 4.78 is 0. The van der Waals surface area contributed by atoms with Crippen molar-refractivity contribution in [2.75, 3.05) is 0 Å². The van der Waals surface area contributed by atoms with Crippen molar-refractivity contribution in [2.45, 2.75) is 52.6 Å². The second-order valence-electron chi connectivity index (χ2n) is 6.63. The number of thiophene rings is 1. The van der Waals surface area contributed by atoms with E-state index in [0.29, 0.717) is 18.0 Å². The Morgan fingerprint density at radius 2 is 2.20 bits per heavy atom. The molecule has 4 atom stereocenters. The second kappa shape index (κ2) is 5.86. The molecule has 4 heteroatoms. The van der Waals surface area contributed by atoms with Crippen molar-refractivity contribution in [3.63, 3.8) is 0 Å². The molecule has 1 saturated carbocycles. The van der Waals surface area contributed by atoms with Crippen molar-refractivity contribution in [1.82, 2.24) is 5.32 Å². The minimum atomic E-state index is -0.647. The fourth-order valence-corrected chi connectivity index (χ4v) is 4.17. The average Bonchev–Trinajstić information content (AvgIpc) is 2.88. The largest absolute Gasteiger partial charge is 0.481 e. The van der Waals surface area contributed by atoms with E-state index in [1.54, 1.807) is 11.3 Å². The summed E-state index contributed by atoms with van der Waals surface area (Å²) in [7, 11) is 0. The molecule has 1 heterocycles. The highest BCUT2D eigenvalue weighted by Gasteiger charge is 2.46. The number of aliphatic carboxylic acids is 1. The van der Waals surface area contributed by atoms with Gasteiger partial charge in [-0.3, -0.25) is 4.79 Å². The second-order valence-corrected chi connectivity index (χ2v) is 7.41. The predicted octanol–water partition coefficient (Wildman–Crippen LogP) is 3.92. The summed E-state index contributed by atoms with van der Waals surface area (Å²) in [5, 5.41) is 17.4. The third-order valence-corrected chi connectivity index (χ3v) is 5.95. The van der Waals surface area contributed by atoms with E-state index in [4.69, 9.17) is 0 Å². The van der Waals surface area contributed by atoms with Gasteiger partial charge in [-0.2, -0.15) is 11.3 Å². The van der Waals surface area contributed by atoms with E-state index in [1.165, 1.54) is 5.56 Å². The number of rotatable bonds is 4. The summed E-state index contributed by atoms with van der Waals surface area (Å²) in [6, 6.07) is 2.86. The molecular weight excluding hydrogens is 270 g/mol. The molecule has 1 fully saturated rings. The van der Waals surface area contributed by atoms with Crippen LogP contribution >= 0.6 is 11.3 Å². The van der Waals surface area contributed by atoms with Crippen LogP contribution in [0.4, 0.5) is 0 Å². The Kier molecular flexibility index (Phi) is 4.55. The van der Waals surface area contributed by atoms with Crippen LogP contribution in [-0.2, 0) is 4.79 Å². The molecule has 2 rings (SSSR count). The quantitative estimate of drug-likeness (QED) is 0.885. The van der Waals surface area contributed by atoms with Gasteiger partial charge in [0.2, 0.25) is 0 Å². The topological polar surface area (TPSA) is 49.3 Å². The van der Waals surface area contributed by atoms with Crippen LogP contribution in [0.2, 0.25) is 0 Å². The van der Waals surface area contributed by atoms with Crippen LogP contribution in [0.15, 0.2) is 16.8 Å². The number of carboxylic acids is 1. The van der Waals surface area contributed by atoms with Gasteiger partial charge >= 0.3 is 5.97 Å². The van der Waals surface area contributed by atoms with E-state index in [0.717, 1.165) is 12.8 Å². The van der Waals surface area contributed by atoms with E-state index in [1.807, 2.05) is 0 Å². The van der Waals surface area contributed by atoms with Crippen LogP contribution in [0.25, 0.3) is 0 Å². The normalized spacial score (nSPS) is 30.9. The molecule has 1 aromatic heterocycles. The van der Waals surface area contributed by atoms with Crippen molar-refractivity contribution in [2.24, 2.45) is 17.3 Å². The zero-order valence-corrected chi connectivity index (χ0v) is 13.5. The molecule has 3 nitrogen and oxygen atoms in total. The summed E-state index contributed by atoms with van der Waals surface area (Å²) in [5.41, 5.74) is 1.15. The molecule has 112 valence electrons. The fourth-order valence-electron chi connectivity index (χ4n) is 3.41. The number of carbonyl (C=O) groups is 1. The lowest BCUT2D eigenvalue weighted by Crippen LogP contribution is -2.51. The average molecular weight is 295 g/mol. The van der Waals surface area contributed by atoms with Crippen LogP contribution < -0.4 is 5.32 Å². The van der Waals surface area contributed by atoms with Gasteiger partial charge in [-0.05, 0) is 53.5 Å². The summed E-state index contributed by atoms with van der Waals surface area (Å²) in [5.74, 6) is -0.531. The van der Waals surface area contributed by atoms with E-state index >= 15 is 0 Å². The standard InChI is InChI=1S/C16H25NO2S/c1-10-14(17-11(2)12-7-8-20-9-12)6-5-13(15(18)19)16(10,3)4/h7-11,13-14,17H,5-6H2,1-4H3,(H,18,19). The third-order valence-electron chi connectivity index (χ3n) is 5.25. The summed E-state index contributed by atoms with van der Waals surface area (Å²) >= 11 is 1.72. The molecular formula is C16H25NO2S. The molecule has 1 aliphatic rings. The molecule has 0 aliphatic heterocycles. The van der Waals surface area contributed by atoms with Crippen LogP contribution in [-0.4, -0.2) is 17.1 Å². The molecule has 0 saturated heterocycles. The zero-order valence-electron chi connectivity index (χ0n) is 12.7. The SMILES string of the molecule is CC(NC1CCC(C(=O)O)C(C)(C)C1C)c1ccsc1. The Morgan fingerprint density at radius 1 is 1.50 bits per heavy atom. The first kappa shape index (κ1) is 15.5. The minimum absolute atomic E-state index is 0.171. The third kappa shape index (κ3) is 2.91. The molecule has 1 aliphatic carbocycles. The van der Waals surface area contributed by atoms with Gasteiger partial charge in [0.05, 0.1) is 5.92 Å². The van der Waals surface area contributed by atoms with E-state index in [-0.39, 0.29) is 11.3 Å². The maximum absolute atomic E-state index is 11.4. The fraction of sp³-hybridized carbons (Fsp3) is 0.688. The minimum Gasteiger partial charge on any atom is -0.481 e. The first-order valence-electron chi connectivity index (χ1n) is 7.35. The molecule has 0 spiro atoms. The first-order chi connectivity index (χ1) is 9.34. The van der Waals surface area contributed by atoms with Gasteiger partial charge in [0.15, 0.2) is 0 Å². The van der Waals surface area contributed by atoms with Gasteiger partial charge in [0.1, 0.15) is 0 Å². The van der Waals surface area contributed by atoms with Crippen LogP contribution in [0.5, 0.6) is 0 Å². The Morgan fingerprint density at radius 3 is 2.75 bits per heavy atom. The monoisotopic (exact) mass is 295 g/mol. The lowest BCUT2D eigenvalue weighted by atomic mass is 9.61. The van der Waals surface area contributed by atoms with Crippen molar-refractivity contribution >= 4 is 17.3 Å². The Balaban J connectivity index is 2.06. The summed E-state index contributed by atoms with van der Waals surface area (Å²) in [4.78, 5) is 11.4. The molecule has 4 unspecified atom stereocenters. The van der Waals surface area contributed by atoms with Gasteiger partial charge < -0.3 is 10.4 Å². The van der Waals surface area contributed by atoms with Gasteiger partial charge in [-0.15, -0.1) is 0 Å². The van der Waals surface area contributed by atoms with Gasteiger partial charge in [-0.25, -0.2) is 0 Å². The van der Waals surface area contributed by atoms with Crippen LogP contribution in [0, 0.1) is 17.3 Å². The van der Waals surface area contributed by atoms with E-state index in [2.05, 4.69) is 49.8 Å². The lowest BCUT2D eigenvalue weighted by Gasteiger charge is -2.47. The molecule has 0 aromatic carbocycles. The summed E-state index contributed by atoms with van der Waals surface area (Å²) in [6.45, 7) is 8.57. The highest BCUT2D eigenvalue weighted by atomic mass is 32.1. The number of hydrogen-bond acceptors (Lipinski definition) is 3. The molecule has 0 radical (unpaired) electrons. The number of carboxylic acid groups (broad SMARTS) is 1. The van der Waals surface area contributed by atoms with Gasteiger partial charge in [0, 0.05) is 12.1 Å². The Labute approximate surface area is 125 Å². The maximum atomic E-state index is 11.4. The molecule has 0 amide bonds. The zero-order chi connectivity index (χ0) is 14.9. The van der Waals surface area contributed by atoms with Crippen molar-refractivity contribution in [1.29, 1.82) is 0 Å². The highest BCUT2D eigenvalue weighted by Crippen LogP contribution is 2.45. The Hall–Kier alpha value is -0.870. The number of nitrogens with one attached hydrogen (secondary N) is 1. The van der Waals surface area contributed by atoms with Crippen molar-refractivity contribution in [3.05, 3.63) is 22.4 Å². The molecule has 0 bridgehead atoms. The van der Waals surface area contributed by atoms with Gasteiger partial charge in [-0.1, -0.05) is 20.8 Å². The van der Waals surface area contributed by atoms with E-state index in [9.17, 15) is 9.90 Å². The lowest BCUT2D eigenvalue weighted by molar-refractivity contribution is -0.150. The number of hydrogen-bond donors (Lipinski definition) is 2. The smallest absolute Gasteiger partial charge is 0.307 e. The van der Waals surface area contributed by atoms with Gasteiger partial charge in [0.25, 0.3) is 0 Å². The molecule has 20 heavy (non-hydrogen) atoms. The maximum Gasteiger partial charge on any atom is 0.307 e. The first-order valence-corrected chi connectivity index (χ1v) is 8.29. The molecule has 1 aromatic rings. The van der Waals surface area contributed by atoms with Crippen LogP contribution in [0.1, 0.15) is 52.1 Å². The Bertz CT molecular complexity index is 455. The van der Waals surface area contributed by atoms with Crippen molar-refractivity contribution < 1.29 is 9.90 Å². The van der Waals surface area contributed by atoms with Crippen LogP contribution in [0.3, 0.4) is 0 Å².